The molecule has 0 bridgehead atoms. The molecule has 0 saturated carbocycles. The van der Waals surface area contributed by atoms with Crippen LogP contribution in [0.3, 0.4) is 0 Å². The molecule has 98 valence electrons. The van der Waals surface area contributed by atoms with Crippen molar-refractivity contribution >= 4 is 5.97 Å². The van der Waals surface area contributed by atoms with Gasteiger partial charge in [0.25, 0.3) is 0 Å². The second kappa shape index (κ2) is 10.1. The number of carbonyl (C=O) groups is 1. The Morgan fingerprint density at radius 3 is 2.39 bits per heavy atom. The Labute approximate surface area is 107 Å². The van der Waals surface area contributed by atoms with E-state index >= 15 is 0 Å². The van der Waals surface area contributed by atoms with Gasteiger partial charge in [0.05, 0.1) is 0 Å². The smallest absolute Gasteiger partial charge is 0.330 e. The molecule has 4 heteroatoms. The van der Waals surface area contributed by atoms with Crippen LogP contribution < -0.4 is 0 Å². The van der Waals surface area contributed by atoms with Gasteiger partial charge in [-0.25, -0.2) is 4.79 Å². The van der Waals surface area contributed by atoms with Crippen LogP contribution >= 0.6 is 0 Å². The van der Waals surface area contributed by atoms with Crippen molar-refractivity contribution in [2.24, 2.45) is 0 Å². The largest absolute Gasteiger partial charge is 0.491 e. The molecule has 1 atom stereocenters. The van der Waals surface area contributed by atoms with Crippen LogP contribution in [-0.4, -0.2) is 30.4 Å². The van der Waals surface area contributed by atoms with E-state index in [9.17, 15) is 9.90 Å². The fraction of sp³-hybridized carbons (Fsp3) is 0.214. The summed E-state index contributed by atoms with van der Waals surface area (Å²) in [7, 11) is 0. The third kappa shape index (κ3) is 8.13. The van der Waals surface area contributed by atoms with Crippen LogP contribution in [0.15, 0.2) is 62.0 Å². The average Bonchev–Trinajstić information content (AvgIpc) is 2.39. The van der Waals surface area contributed by atoms with Gasteiger partial charge in [0.1, 0.15) is 25.1 Å². The van der Waals surface area contributed by atoms with E-state index in [0.717, 1.165) is 6.08 Å². The van der Waals surface area contributed by atoms with Crippen molar-refractivity contribution < 1.29 is 19.4 Å². The zero-order valence-electron chi connectivity index (χ0n) is 10.2. The summed E-state index contributed by atoms with van der Waals surface area (Å²) in [4.78, 5) is 10.8. The van der Waals surface area contributed by atoms with E-state index < -0.39 is 12.1 Å². The van der Waals surface area contributed by atoms with E-state index in [1.54, 1.807) is 30.4 Å². The van der Waals surface area contributed by atoms with Crippen LogP contribution in [-0.2, 0) is 14.3 Å². The number of allylic oxidation sites excluding steroid dienone is 5. The summed E-state index contributed by atoms with van der Waals surface area (Å²) < 4.78 is 9.97. The fourth-order valence-electron chi connectivity index (χ4n) is 0.909. The first kappa shape index (κ1) is 15.9. The second-order valence-corrected chi connectivity index (χ2v) is 3.20. The van der Waals surface area contributed by atoms with Crippen molar-refractivity contribution in [3.05, 3.63) is 62.0 Å². The third-order valence-electron chi connectivity index (χ3n) is 1.71. The summed E-state index contributed by atoms with van der Waals surface area (Å²) >= 11 is 0. The van der Waals surface area contributed by atoms with Crippen LogP contribution in [0.1, 0.15) is 0 Å². The number of aliphatic hydroxyl groups excluding tert-OH is 1. The molecule has 0 amide bonds. The van der Waals surface area contributed by atoms with Crippen molar-refractivity contribution in [2.75, 3.05) is 13.2 Å². The zero-order valence-corrected chi connectivity index (χ0v) is 10.2. The van der Waals surface area contributed by atoms with Gasteiger partial charge < -0.3 is 14.6 Å². The van der Waals surface area contributed by atoms with Crippen LogP contribution in [0.25, 0.3) is 0 Å². The van der Waals surface area contributed by atoms with Gasteiger partial charge in [0, 0.05) is 6.08 Å². The van der Waals surface area contributed by atoms with Gasteiger partial charge >= 0.3 is 5.97 Å². The molecule has 1 N–H and O–H groups in total. The molecular weight excluding hydrogens is 232 g/mol. The van der Waals surface area contributed by atoms with E-state index in [-0.39, 0.29) is 13.2 Å². The molecule has 0 fully saturated rings. The van der Waals surface area contributed by atoms with Crippen molar-refractivity contribution in [3.63, 3.8) is 0 Å². The highest BCUT2D eigenvalue weighted by Crippen LogP contribution is 2.02. The highest BCUT2D eigenvalue weighted by Gasteiger charge is 2.07. The molecule has 0 rings (SSSR count). The van der Waals surface area contributed by atoms with E-state index in [1.807, 2.05) is 0 Å². The molecule has 0 saturated heterocycles. The Balaban J connectivity index is 4.10. The number of esters is 1. The summed E-state index contributed by atoms with van der Waals surface area (Å²) in [5.41, 5.74) is 0. The highest BCUT2D eigenvalue weighted by atomic mass is 16.5. The predicted molar refractivity (Wildman–Crippen MR) is 70.7 cm³/mol. The molecule has 0 heterocycles. The normalized spacial score (nSPS) is 12.8. The van der Waals surface area contributed by atoms with E-state index in [0.29, 0.717) is 5.76 Å². The Bertz CT molecular complexity index is 353. The fourth-order valence-corrected chi connectivity index (χ4v) is 0.909. The topological polar surface area (TPSA) is 55.8 Å². The molecule has 1 unspecified atom stereocenters. The molecule has 4 nitrogen and oxygen atoms in total. The first-order chi connectivity index (χ1) is 8.63. The Morgan fingerprint density at radius 1 is 1.17 bits per heavy atom. The molecule has 0 aliphatic rings. The first-order valence-corrected chi connectivity index (χ1v) is 5.36. The molecular formula is C14H18O4. The zero-order chi connectivity index (χ0) is 13.8. The number of carbonyl (C=O) groups excluding carboxylic acids is 1. The van der Waals surface area contributed by atoms with E-state index in [1.165, 1.54) is 0 Å². The van der Waals surface area contributed by atoms with Crippen molar-refractivity contribution in [3.8, 4) is 0 Å². The van der Waals surface area contributed by atoms with E-state index in [4.69, 9.17) is 4.74 Å². The van der Waals surface area contributed by atoms with Gasteiger partial charge in [-0.05, 0) is 12.2 Å². The molecule has 0 aliphatic heterocycles. The molecule has 0 aromatic heterocycles. The number of aliphatic hydroxyl groups is 1. The lowest BCUT2D eigenvalue weighted by molar-refractivity contribution is -0.141. The first-order valence-electron chi connectivity index (χ1n) is 5.36. The molecule has 0 aliphatic carbocycles. The van der Waals surface area contributed by atoms with Crippen LogP contribution in [0.5, 0.6) is 0 Å². The average molecular weight is 250 g/mol. The Morgan fingerprint density at radius 2 is 1.83 bits per heavy atom. The summed E-state index contributed by atoms with van der Waals surface area (Å²) in [5.74, 6) is -0.0542. The van der Waals surface area contributed by atoms with Gasteiger partial charge in [-0.15, -0.1) is 0 Å². The highest BCUT2D eigenvalue weighted by molar-refractivity contribution is 5.81. The van der Waals surface area contributed by atoms with Crippen LogP contribution in [0, 0.1) is 0 Å². The SMILES string of the molecule is C=C/C=C\C(=C/C=C)OCC(O)COC(=O)C=C. The van der Waals surface area contributed by atoms with Crippen LogP contribution in [0.4, 0.5) is 0 Å². The maximum Gasteiger partial charge on any atom is 0.330 e. The number of hydrogen-bond donors (Lipinski definition) is 1. The lowest BCUT2D eigenvalue weighted by Crippen LogP contribution is -2.22. The van der Waals surface area contributed by atoms with Crippen LogP contribution in [0.2, 0.25) is 0 Å². The Hall–Kier alpha value is -2.07. The lowest BCUT2D eigenvalue weighted by atomic mass is 10.3. The number of rotatable bonds is 9. The lowest BCUT2D eigenvalue weighted by Gasteiger charge is -2.12. The minimum absolute atomic E-state index is 0.00553. The molecule has 0 aromatic rings. The summed E-state index contributed by atoms with van der Waals surface area (Å²) in [5, 5.41) is 9.50. The summed E-state index contributed by atoms with van der Waals surface area (Å²) in [6, 6.07) is 0. The standard InChI is InChI=1S/C14H18O4/c1-4-7-9-13(8-5-2)17-10-12(15)11-18-14(16)6-3/h4-9,12,15H,1-3,10-11H2/b9-7-,13-8+. The summed E-state index contributed by atoms with van der Waals surface area (Å²) in [6.45, 7) is 10.2. The van der Waals surface area contributed by atoms with Gasteiger partial charge in [-0.3, -0.25) is 0 Å². The van der Waals surface area contributed by atoms with Crippen molar-refractivity contribution in [2.45, 2.75) is 6.10 Å². The number of hydrogen-bond acceptors (Lipinski definition) is 4. The van der Waals surface area contributed by atoms with Gasteiger partial charge in [0.15, 0.2) is 0 Å². The minimum atomic E-state index is -0.903. The second-order valence-electron chi connectivity index (χ2n) is 3.20. The summed E-state index contributed by atoms with van der Waals surface area (Å²) in [6.07, 6.45) is 8.30. The monoisotopic (exact) mass is 250 g/mol. The number of ether oxygens (including phenoxy) is 2. The molecule has 18 heavy (non-hydrogen) atoms. The quantitative estimate of drug-likeness (QED) is 0.294. The predicted octanol–water partition coefficient (Wildman–Crippen LogP) is 1.91. The van der Waals surface area contributed by atoms with E-state index in [2.05, 4.69) is 24.5 Å². The third-order valence-corrected chi connectivity index (χ3v) is 1.71. The maximum atomic E-state index is 10.8. The van der Waals surface area contributed by atoms with Crippen molar-refractivity contribution in [1.82, 2.24) is 0 Å². The van der Waals surface area contributed by atoms with Gasteiger partial charge in [0.2, 0.25) is 0 Å². The molecule has 0 spiro atoms. The molecule has 0 radical (unpaired) electrons. The van der Waals surface area contributed by atoms with Crippen molar-refractivity contribution in [1.29, 1.82) is 0 Å². The minimum Gasteiger partial charge on any atom is -0.491 e. The Kier molecular flexibility index (Phi) is 8.95. The maximum absolute atomic E-state index is 10.8. The van der Waals surface area contributed by atoms with Gasteiger partial charge in [-0.2, -0.15) is 0 Å². The molecule has 0 aromatic carbocycles. The van der Waals surface area contributed by atoms with Gasteiger partial charge in [-0.1, -0.05) is 38.0 Å².